The van der Waals surface area contributed by atoms with E-state index in [4.69, 9.17) is 18.0 Å². The van der Waals surface area contributed by atoms with E-state index < -0.39 is 0 Å². The summed E-state index contributed by atoms with van der Waals surface area (Å²) in [7, 11) is 0. The molecule has 0 saturated carbocycles. The Labute approximate surface area is 113 Å². The third-order valence-electron chi connectivity index (χ3n) is 3.68. The second-order valence-corrected chi connectivity index (χ2v) is 5.28. The predicted octanol–water partition coefficient (Wildman–Crippen LogP) is 2.83. The molecule has 1 aliphatic heterocycles. The van der Waals surface area contributed by atoms with Crippen molar-refractivity contribution in [3.8, 4) is 0 Å². The Kier molecular flexibility index (Phi) is 4.30. The van der Waals surface area contributed by atoms with E-state index in [0.29, 0.717) is 11.0 Å². The van der Waals surface area contributed by atoms with Gasteiger partial charge in [0.05, 0.1) is 0 Å². The molecular formula is C14H19FN2S. The number of nitrogens with zero attached hydrogens (tertiary/aromatic N) is 1. The van der Waals surface area contributed by atoms with Gasteiger partial charge in [-0.3, -0.25) is 4.90 Å². The zero-order valence-electron chi connectivity index (χ0n) is 10.7. The van der Waals surface area contributed by atoms with Gasteiger partial charge in [-0.2, -0.15) is 0 Å². The fourth-order valence-electron chi connectivity index (χ4n) is 2.72. The Hall–Kier alpha value is -1.00. The minimum atomic E-state index is -0.225. The van der Waals surface area contributed by atoms with Crippen LogP contribution in [0.5, 0.6) is 0 Å². The lowest BCUT2D eigenvalue weighted by molar-refractivity contribution is 0.239. The molecule has 0 spiro atoms. The molecule has 1 fully saturated rings. The van der Waals surface area contributed by atoms with Gasteiger partial charge in [0.1, 0.15) is 10.8 Å². The van der Waals surface area contributed by atoms with Gasteiger partial charge in [0, 0.05) is 18.2 Å². The van der Waals surface area contributed by atoms with Gasteiger partial charge in [-0.15, -0.1) is 0 Å². The highest BCUT2D eigenvalue weighted by atomic mass is 32.1. The van der Waals surface area contributed by atoms with Crippen LogP contribution in [0.1, 0.15) is 37.3 Å². The number of halogens is 1. The molecule has 0 radical (unpaired) electrons. The van der Waals surface area contributed by atoms with Gasteiger partial charge in [0.25, 0.3) is 0 Å². The highest BCUT2D eigenvalue weighted by Crippen LogP contribution is 2.23. The lowest BCUT2D eigenvalue weighted by Gasteiger charge is -2.24. The number of thiocarbonyl (C=S) groups is 1. The summed E-state index contributed by atoms with van der Waals surface area (Å²) in [5.74, 6) is -0.225. The molecule has 2 N–H and O–H groups in total. The average molecular weight is 266 g/mol. The highest BCUT2D eigenvalue weighted by molar-refractivity contribution is 7.80. The van der Waals surface area contributed by atoms with Gasteiger partial charge >= 0.3 is 0 Å². The van der Waals surface area contributed by atoms with Gasteiger partial charge in [0.15, 0.2) is 0 Å². The van der Waals surface area contributed by atoms with E-state index in [2.05, 4.69) is 11.8 Å². The van der Waals surface area contributed by atoms with Crippen molar-refractivity contribution in [1.29, 1.82) is 0 Å². The van der Waals surface area contributed by atoms with Crippen molar-refractivity contribution in [2.24, 2.45) is 5.73 Å². The first-order valence-corrected chi connectivity index (χ1v) is 6.85. The number of hydrogen-bond acceptors (Lipinski definition) is 2. The number of benzene rings is 1. The van der Waals surface area contributed by atoms with E-state index in [0.717, 1.165) is 30.6 Å². The van der Waals surface area contributed by atoms with Gasteiger partial charge in [-0.1, -0.05) is 19.1 Å². The Morgan fingerprint density at radius 2 is 2.33 bits per heavy atom. The van der Waals surface area contributed by atoms with E-state index in [-0.39, 0.29) is 5.82 Å². The normalized spacial score (nSPS) is 20.2. The van der Waals surface area contributed by atoms with E-state index in [9.17, 15) is 4.39 Å². The van der Waals surface area contributed by atoms with Crippen molar-refractivity contribution in [2.75, 3.05) is 6.54 Å². The van der Waals surface area contributed by atoms with Crippen molar-refractivity contribution in [3.63, 3.8) is 0 Å². The Morgan fingerprint density at radius 3 is 3.00 bits per heavy atom. The summed E-state index contributed by atoms with van der Waals surface area (Å²) in [6, 6.07) is 5.26. The first-order chi connectivity index (χ1) is 8.61. The Balaban J connectivity index is 2.22. The molecule has 0 amide bonds. The van der Waals surface area contributed by atoms with Gasteiger partial charge in [-0.25, -0.2) is 4.39 Å². The molecule has 1 heterocycles. The molecule has 2 nitrogen and oxygen atoms in total. The Bertz CT molecular complexity index is 447. The molecule has 0 aliphatic carbocycles. The molecule has 0 aromatic heterocycles. The zero-order chi connectivity index (χ0) is 13.1. The van der Waals surface area contributed by atoms with Crippen LogP contribution in [0.25, 0.3) is 0 Å². The zero-order valence-corrected chi connectivity index (χ0v) is 11.5. The fraction of sp³-hybridized carbons (Fsp3) is 0.500. The lowest BCUT2D eigenvalue weighted by Crippen LogP contribution is -2.29. The van der Waals surface area contributed by atoms with Gasteiger partial charge in [-0.05, 0) is 49.6 Å². The molecule has 98 valence electrons. The maximum atomic E-state index is 13.4. The molecule has 1 aliphatic rings. The second-order valence-electron chi connectivity index (χ2n) is 4.84. The molecule has 1 aromatic rings. The van der Waals surface area contributed by atoms with Gasteiger partial charge in [0.2, 0.25) is 0 Å². The van der Waals surface area contributed by atoms with Crippen LogP contribution in [-0.2, 0) is 6.54 Å². The van der Waals surface area contributed by atoms with Crippen molar-refractivity contribution in [2.45, 2.75) is 38.8 Å². The standard InChI is InChI=1S/C14H19FN2S/c1-2-12-4-3-7-17(12)9-10-8-11(15)5-6-13(10)14(16)18/h5-6,8,12H,2-4,7,9H2,1H3,(H2,16,18). The maximum absolute atomic E-state index is 13.4. The largest absolute Gasteiger partial charge is 0.389 e. The number of nitrogens with two attached hydrogens (primary N) is 1. The van der Waals surface area contributed by atoms with Crippen LogP contribution in [-0.4, -0.2) is 22.5 Å². The molecule has 18 heavy (non-hydrogen) atoms. The molecule has 1 saturated heterocycles. The number of rotatable bonds is 4. The van der Waals surface area contributed by atoms with Crippen LogP contribution < -0.4 is 5.73 Å². The summed E-state index contributed by atoms with van der Waals surface area (Å²) in [6.45, 7) is 4.01. The van der Waals surface area contributed by atoms with Gasteiger partial charge < -0.3 is 5.73 Å². The van der Waals surface area contributed by atoms with Crippen LogP contribution in [0, 0.1) is 5.82 Å². The number of hydrogen-bond donors (Lipinski definition) is 1. The van der Waals surface area contributed by atoms with Crippen LogP contribution >= 0.6 is 12.2 Å². The summed E-state index contributed by atoms with van der Waals surface area (Å²) < 4.78 is 13.4. The molecule has 1 atom stereocenters. The Morgan fingerprint density at radius 1 is 1.56 bits per heavy atom. The number of likely N-dealkylation sites (tertiary alicyclic amines) is 1. The first kappa shape index (κ1) is 13.4. The predicted molar refractivity (Wildman–Crippen MR) is 76.0 cm³/mol. The lowest BCUT2D eigenvalue weighted by atomic mass is 10.1. The maximum Gasteiger partial charge on any atom is 0.123 e. The smallest absolute Gasteiger partial charge is 0.123 e. The van der Waals surface area contributed by atoms with Crippen molar-refractivity contribution >= 4 is 17.2 Å². The van der Waals surface area contributed by atoms with Crippen LogP contribution in [0.4, 0.5) is 4.39 Å². The summed E-state index contributed by atoms with van der Waals surface area (Å²) in [4.78, 5) is 2.74. The molecule has 1 aromatic carbocycles. The second kappa shape index (κ2) is 5.76. The fourth-order valence-corrected chi connectivity index (χ4v) is 2.92. The van der Waals surface area contributed by atoms with E-state index in [1.165, 1.54) is 18.9 Å². The molecule has 2 rings (SSSR count). The summed E-state index contributed by atoms with van der Waals surface area (Å²) in [5, 5.41) is 0. The summed E-state index contributed by atoms with van der Waals surface area (Å²) in [6.07, 6.45) is 3.59. The minimum absolute atomic E-state index is 0.225. The highest BCUT2D eigenvalue weighted by Gasteiger charge is 2.23. The van der Waals surface area contributed by atoms with E-state index in [1.54, 1.807) is 12.1 Å². The van der Waals surface area contributed by atoms with Crippen molar-refractivity contribution in [1.82, 2.24) is 4.90 Å². The molecule has 1 unspecified atom stereocenters. The van der Waals surface area contributed by atoms with E-state index >= 15 is 0 Å². The van der Waals surface area contributed by atoms with Crippen LogP contribution in [0.15, 0.2) is 18.2 Å². The molecule has 4 heteroatoms. The third kappa shape index (κ3) is 2.87. The SMILES string of the molecule is CCC1CCCN1Cc1cc(F)ccc1C(N)=S. The first-order valence-electron chi connectivity index (χ1n) is 6.44. The van der Waals surface area contributed by atoms with Crippen molar-refractivity contribution < 1.29 is 4.39 Å². The molecule has 0 bridgehead atoms. The van der Waals surface area contributed by atoms with Crippen molar-refractivity contribution in [3.05, 3.63) is 35.1 Å². The monoisotopic (exact) mass is 266 g/mol. The van der Waals surface area contributed by atoms with Crippen LogP contribution in [0.2, 0.25) is 0 Å². The molecular weight excluding hydrogens is 247 g/mol. The summed E-state index contributed by atoms with van der Waals surface area (Å²) >= 11 is 5.03. The topological polar surface area (TPSA) is 29.3 Å². The quantitative estimate of drug-likeness (QED) is 0.850. The third-order valence-corrected chi connectivity index (χ3v) is 3.90. The summed E-state index contributed by atoms with van der Waals surface area (Å²) in [5.41, 5.74) is 7.40. The van der Waals surface area contributed by atoms with E-state index in [1.807, 2.05) is 0 Å². The minimum Gasteiger partial charge on any atom is -0.389 e. The average Bonchev–Trinajstić information content (AvgIpc) is 2.76. The van der Waals surface area contributed by atoms with Crippen LogP contribution in [0.3, 0.4) is 0 Å².